The Morgan fingerprint density at radius 2 is 1.16 bits per heavy atom. The number of hydrogen-bond donors (Lipinski definition) is 2. The summed E-state index contributed by atoms with van der Waals surface area (Å²) in [4.78, 5) is 43.0. The van der Waals surface area contributed by atoms with Crippen LogP contribution < -0.4 is 139 Å². The quantitative estimate of drug-likeness (QED) is 0.0308. The zero-order valence-corrected chi connectivity index (χ0v) is 48.4. The number of rotatable bonds is 9. The van der Waals surface area contributed by atoms with Crippen LogP contribution in [0.15, 0.2) is 82.5 Å². The summed E-state index contributed by atoms with van der Waals surface area (Å²) >= 11 is 23.3. The zero-order chi connectivity index (χ0) is 46.6. The Morgan fingerprint density at radius 1 is 0.746 bits per heavy atom. The van der Waals surface area contributed by atoms with Gasteiger partial charge in [-0.3, -0.25) is 9.18 Å². The van der Waals surface area contributed by atoms with Gasteiger partial charge in [0.05, 0.1) is 37.4 Å². The molecule has 0 spiro atoms. The third kappa shape index (κ3) is 21.2. The molecule has 6 aromatic rings. The van der Waals surface area contributed by atoms with Crippen molar-refractivity contribution >= 4 is 115 Å². The van der Waals surface area contributed by atoms with Crippen molar-refractivity contribution in [1.29, 1.82) is 0 Å². The number of nitrogen functional groups attached to an aromatic ring is 1. The fourth-order valence-electron chi connectivity index (χ4n) is 4.48. The second-order valence-corrected chi connectivity index (χ2v) is 21.2. The van der Waals surface area contributed by atoms with Gasteiger partial charge in [0.1, 0.15) is 25.3 Å². The van der Waals surface area contributed by atoms with Gasteiger partial charge in [0.2, 0.25) is 10.6 Å². The van der Waals surface area contributed by atoms with Crippen LogP contribution in [0.5, 0.6) is 12.0 Å². The van der Waals surface area contributed by atoms with Crippen LogP contribution in [0.2, 0.25) is 15.7 Å². The zero-order valence-electron chi connectivity index (χ0n) is 36.9. The molecule has 0 aliphatic carbocycles. The van der Waals surface area contributed by atoms with E-state index in [0.717, 1.165) is 22.3 Å². The summed E-state index contributed by atoms with van der Waals surface area (Å²) in [6.07, 6.45) is 9.70. The maximum atomic E-state index is 12.9. The summed E-state index contributed by atoms with van der Waals surface area (Å²) in [7, 11) is -2.99. The van der Waals surface area contributed by atoms with E-state index in [1.54, 1.807) is 63.7 Å². The number of carbonyl (C=O) groups excluding carboxylic acids is 1. The molecule has 328 valence electrons. The van der Waals surface area contributed by atoms with Crippen molar-refractivity contribution < 1.29 is 144 Å². The molecule has 0 bridgehead atoms. The summed E-state index contributed by atoms with van der Waals surface area (Å²) in [6.45, 7) is 6.65. The Kier molecular flexibility index (Phi) is 29.5. The van der Waals surface area contributed by atoms with Crippen molar-refractivity contribution in [3.8, 4) is 34.3 Å². The van der Waals surface area contributed by atoms with E-state index in [-0.39, 0.29) is 121 Å². The van der Waals surface area contributed by atoms with Gasteiger partial charge < -0.3 is 41.2 Å². The van der Waals surface area contributed by atoms with Crippen molar-refractivity contribution in [1.82, 2.24) is 39.9 Å². The molecule has 6 rings (SSSR count). The van der Waals surface area contributed by atoms with E-state index in [0.29, 0.717) is 53.9 Å². The first-order valence-electron chi connectivity index (χ1n) is 17.2. The van der Waals surface area contributed by atoms with E-state index >= 15 is 0 Å². The van der Waals surface area contributed by atoms with Gasteiger partial charge >= 0.3 is 115 Å². The summed E-state index contributed by atoms with van der Waals surface area (Å²) < 4.78 is 51.8. The molecular weight excluding hydrogens is 1110 g/mol. The Labute approximate surface area is 483 Å². The number of benzene rings is 2. The van der Waals surface area contributed by atoms with Crippen molar-refractivity contribution in [3.05, 3.63) is 98.2 Å². The molecule has 0 aliphatic heterocycles. The van der Waals surface area contributed by atoms with E-state index in [9.17, 15) is 13.5 Å². The topological polar surface area (TPSA) is 243 Å². The molecule has 0 unspecified atom stereocenters. The van der Waals surface area contributed by atoms with E-state index in [1.807, 2.05) is 30.3 Å². The van der Waals surface area contributed by atoms with Gasteiger partial charge in [-0.05, 0) is 117 Å². The Morgan fingerprint density at radius 3 is 1.56 bits per heavy atom. The predicted molar refractivity (Wildman–Crippen MR) is 244 cm³/mol. The number of methoxy groups -OCH3 is 2. The Hall–Kier alpha value is -1.12. The normalized spacial score (nSPS) is 10.3. The Bertz CT molecular complexity index is 2500. The van der Waals surface area contributed by atoms with Gasteiger partial charge in [-0.1, -0.05) is 23.7 Å². The molecule has 17 nitrogen and oxygen atoms in total. The third-order valence-electron chi connectivity index (χ3n) is 7.16. The molecule has 0 saturated heterocycles. The van der Waals surface area contributed by atoms with Crippen molar-refractivity contribution in [3.63, 3.8) is 0 Å². The molecule has 0 saturated carbocycles. The van der Waals surface area contributed by atoms with Gasteiger partial charge in [0.25, 0.3) is 6.47 Å². The van der Waals surface area contributed by atoms with Crippen LogP contribution in [0.1, 0.15) is 2.80 Å². The fourth-order valence-corrected chi connectivity index (χ4v) is 7.71. The second-order valence-electron chi connectivity index (χ2n) is 12.1. The summed E-state index contributed by atoms with van der Waals surface area (Å²) in [5.41, 5.74) is 10.5. The average Bonchev–Trinajstić information content (AvgIpc) is 3.24. The molecule has 3 N–H and O–H groups in total. The monoisotopic (exact) mass is 1140 g/mol. The number of halogens is 6. The van der Waals surface area contributed by atoms with Gasteiger partial charge in [-0.15, -0.1) is 0 Å². The second kappa shape index (κ2) is 31.0. The standard InChI is InChI=1S/C17H16BrClN5O2P.C13H16N3O2P.C4HBrCl2N2.CH3F.CH2O3.2K.H/c1-26-17-21-7-11(8-22-17)10-4-5-13(14(6-10)27(2,3)25)23-15-12(18)9-20-16(19)24-15;1-18-13-15-7-10(8-16-13)9-4-5-11(14)12(6-9)19(2,3)17;5-2-1-8-4(7)9-3(2)6;1-2;2-1-4-3;;;/h4-9H,1-3H3,(H,20,23,24);4-8H,14H2,1-3H3;1H;1H3;1,3H;;;/q;;;;;2*+1;-1/p-1/i;;;1D;;;;. The molecule has 4 aromatic heterocycles. The molecular formula is C36H38Br2Cl3FK2N10O7P2. The van der Waals surface area contributed by atoms with Crippen LogP contribution >= 0.6 is 80.9 Å². The van der Waals surface area contributed by atoms with Crippen LogP contribution in [0.4, 0.5) is 21.6 Å². The molecule has 0 aliphatic rings. The molecule has 2 aromatic carbocycles. The largest absolute Gasteiger partial charge is 1.00 e. The number of nitrogens with two attached hydrogens (primary N) is 1. The molecule has 63 heavy (non-hydrogen) atoms. The predicted octanol–water partition coefficient (Wildman–Crippen LogP) is 2.02. The van der Waals surface area contributed by atoms with E-state index in [4.69, 9.17) is 61.4 Å². The van der Waals surface area contributed by atoms with Gasteiger partial charge in [-0.2, -0.15) is 4.98 Å². The number of aromatic nitrogens is 8. The minimum Gasteiger partial charge on any atom is -1.00 e. The number of anilines is 3. The Balaban J connectivity index is 0. The van der Waals surface area contributed by atoms with Crippen LogP contribution in [0.25, 0.3) is 22.3 Å². The molecule has 0 amide bonds. The molecule has 0 fully saturated rings. The SMILES string of the molecule is COc1ncc(-c2ccc(N)c(P(C)(C)=O)c2)cn1.COc1ncc(-c2ccc(Nc3nc(Cl)ncc3Br)c(P(C)(C)=O)c2)cn1.Clc1ncc(Br)c(Cl)n1.O=CO[O-].[2H]CF.[H-].[K+].[K+]. The first-order valence-corrected chi connectivity index (χ1v) is 24.4. The molecule has 4 heterocycles. The summed E-state index contributed by atoms with van der Waals surface area (Å²) in [5, 5.41) is 13.6. The number of hydrogen-bond acceptors (Lipinski definition) is 17. The smallest absolute Gasteiger partial charge is 1.00 e. The maximum absolute atomic E-state index is 12.9. The molecule has 0 radical (unpaired) electrons. The number of nitrogens with one attached hydrogen (secondary N) is 1. The van der Waals surface area contributed by atoms with Crippen molar-refractivity contribution in [2.75, 3.05) is 59.1 Å². The van der Waals surface area contributed by atoms with E-state index in [1.165, 1.54) is 20.4 Å². The maximum Gasteiger partial charge on any atom is 1.00 e. The minimum atomic E-state index is -2.60. The van der Waals surface area contributed by atoms with Crippen LogP contribution in [-0.2, 0) is 18.8 Å². The third-order valence-corrected chi connectivity index (χ3v) is 12.3. The van der Waals surface area contributed by atoms with Gasteiger partial charge in [-0.25, -0.2) is 34.9 Å². The number of nitrogens with zero attached hydrogens (tertiary/aromatic N) is 8. The first kappa shape index (κ1) is 59.9. The van der Waals surface area contributed by atoms with Crippen molar-refractivity contribution in [2.24, 2.45) is 0 Å². The van der Waals surface area contributed by atoms with Gasteiger partial charge in [0, 0.05) is 64.6 Å². The van der Waals surface area contributed by atoms with E-state index < -0.39 is 21.4 Å². The van der Waals surface area contributed by atoms with Gasteiger partial charge in [0.15, 0.2) is 0 Å². The average molecular weight is 1150 g/mol. The van der Waals surface area contributed by atoms with Crippen LogP contribution in [0, 0.1) is 0 Å². The summed E-state index contributed by atoms with van der Waals surface area (Å²) in [6, 6.07) is 11.7. The van der Waals surface area contributed by atoms with Crippen molar-refractivity contribution in [2.45, 2.75) is 0 Å². The summed E-state index contributed by atoms with van der Waals surface area (Å²) in [5.74, 6) is 0.491. The van der Waals surface area contributed by atoms with Crippen LogP contribution in [0.3, 0.4) is 0 Å². The number of carbonyl (C=O) groups is 1. The fraction of sp³-hybridized carbons (Fsp3) is 0.194. The number of alkyl halides is 1. The number of ether oxygens (including phenoxy) is 2. The minimum absolute atomic E-state index is 0. The van der Waals surface area contributed by atoms with E-state index in [2.05, 4.69) is 81.9 Å². The van der Waals surface area contributed by atoms with Crippen LogP contribution in [-0.4, -0.2) is 94.4 Å². The first-order chi connectivity index (χ1) is 29.2. The molecule has 0 atom stereocenters. The molecule has 27 heteroatoms.